The van der Waals surface area contributed by atoms with Crippen molar-refractivity contribution in [2.45, 2.75) is 69.7 Å². The second kappa shape index (κ2) is 12.1. The molecule has 194 valence electrons. The first-order chi connectivity index (χ1) is 16.8. The van der Waals surface area contributed by atoms with Gasteiger partial charge in [0.2, 0.25) is 11.8 Å². The molecule has 3 fully saturated rings. The van der Waals surface area contributed by atoms with Crippen LogP contribution in [0.25, 0.3) is 0 Å². The summed E-state index contributed by atoms with van der Waals surface area (Å²) < 4.78 is 13.4. The standard InChI is InChI=1S/C27H41FN4O2S/c1-19(2)35-18-27(16-21-3-4-21)9-13-32(14-10-27)26(34)23(15-20-5-7-22(28)8-6-20)31-25(33)24-17-29-11-12-30-24/h5-8,19,21,23-24,29-30H,3-4,9-18H2,1-2H3,(H,31,33)/t23-,24+/m1/s1. The van der Waals surface area contributed by atoms with Crippen LogP contribution in [-0.4, -0.2) is 72.5 Å². The van der Waals surface area contributed by atoms with Crippen molar-refractivity contribution in [2.75, 3.05) is 38.5 Å². The van der Waals surface area contributed by atoms with Crippen LogP contribution >= 0.6 is 11.8 Å². The average molecular weight is 505 g/mol. The van der Waals surface area contributed by atoms with Gasteiger partial charge in [0, 0.05) is 39.1 Å². The summed E-state index contributed by atoms with van der Waals surface area (Å²) >= 11 is 2.05. The van der Waals surface area contributed by atoms with Gasteiger partial charge in [-0.2, -0.15) is 11.8 Å². The Morgan fingerprint density at radius 1 is 1.17 bits per heavy atom. The Bertz CT molecular complexity index is 847. The van der Waals surface area contributed by atoms with Gasteiger partial charge in [0.1, 0.15) is 11.9 Å². The van der Waals surface area contributed by atoms with Gasteiger partial charge in [0.05, 0.1) is 6.04 Å². The smallest absolute Gasteiger partial charge is 0.245 e. The predicted octanol–water partition coefficient (Wildman–Crippen LogP) is 2.96. The largest absolute Gasteiger partial charge is 0.343 e. The van der Waals surface area contributed by atoms with Gasteiger partial charge in [-0.05, 0) is 59.3 Å². The third-order valence-corrected chi connectivity index (χ3v) is 9.05. The van der Waals surface area contributed by atoms with Gasteiger partial charge in [-0.25, -0.2) is 4.39 Å². The number of thioether (sulfide) groups is 1. The molecule has 1 aromatic rings. The second-order valence-electron chi connectivity index (χ2n) is 10.9. The summed E-state index contributed by atoms with van der Waals surface area (Å²) in [5.41, 5.74) is 1.16. The first kappa shape index (κ1) is 26.4. The SMILES string of the molecule is CC(C)SCC1(CC2CC2)CCN(C(=O)[C@@H](Cc2ccc(F)cc2)NC(=O)[C@@H]2CNCCN2)CC1. The monoisotopic (exact) mass is 504 g/mol. The molecule has 35 heavy (non-hydrogen) atoms. The minimum atomic E-state index is -0.655. The Balaban J connectivity index is 1.42. The number of hydrogen-bond donors (Lipinski definition) is 3. The zero-order valence-electron chi connectivity index (χ0n) is 21.2. The van der Waals surface area contributed by atoms with Crippen LogP contribution in [0.15, 0.2) is 24.3 Å². The van der Waals surface area contributed by atoms with Gasteiger partial charge in [-0.1, -0.05) is 38.8 Å². The second-order valence-corrected chi connectivity index (χ2v) is 12.5. The summed E-state index contributed by atoms with van der Waals surface area (Å²) in [5.74, 6) is 1.54. The van der Waals surface area contributed by atoms with Gasteiger partial charge in [0.15, 0.2) is 0 Å². The number of carbonyl (C=O) groups excluding carboxylic acids is 2. The maximum atomic E-state index is 13.7. The molecule has 1 aliphatic carbocycles. The summed E-state index contributed by atoms with van der Waals surface area (Å²) in [6.45, 7) is 8.09. The van der Waals surface area contributed by atoms with E-state index in [9.17, 15) is 14.0 Å². The maximum Gasteiger partial charge on any atom is 0.245 e. The van der Waals surface area contributed by atoms with E-state index in [0.717, 1.165) is 50.5 Å². The van der Waals surface area contributed by atoms with Crippen molar-refractivity contribution in [3.63, 3.8) is 0 Å². The summed E-state index contributed by atoms with van der Waals surface area (Å²) in [6, 6.07) is 5.20. The van der Waals surface area contributed by atoms with Gasteiger partial charge >= 0.3 is 0 Å². The Morgan fingerprint density at radius 2 is 1.89 bits per heavy atom. The molecule has 3 N–H and O–H groups in total. The highest BCUT2D eigenvalue weighted by Gasteiger charge is 2.41. The number of halogens is 1. The van der Waals surface area contributed by atoms with Crippen LogP contribution in [-0.2, 0) is 16.0 Å². The third kappa shape index (κ3) is 7.67. The van der Waals surface area contributed by atoms with E-state index in [1.807, 2.05) is 16.7 Å². The molecule has 0 unspecified atom stereocenters. The molecule has 1 aromatic carbocycles. The van der Waals surface area contributed by atoms with Crippen molar-refractivity contribution >= 4 is 23.6 Å². The molecule has 0 spiro atoms. The number of piperidine rings is 1. The molecule has 2 atom stereocenters. The highest BCUT2D eigenvalue weighted by Crippen LogP contribution is 2.47. The molecular weight excluding hydrogens is 463 g/mol. The minimum absolute atomic E-state index is 0.0250. The van der Waals surface area contributed by atoms with Crippen molar-refractivity contribution in [3.8, 4) is 0 Å². The first-order valence-corrected chi connectivity index (χ1v) is 14.3. The van der Waals surface area contributed by atoms with Crippen LogP contribution in [0.1, 0.15) is 51.5 Å². The van der Waals surface area contributed by atoms with Crippen LogP contribution in [0, 0.1) is 17.2 Å². The van der Waals surface area contributed by atoms with Crippen molar-refractivity contribution in [2.24, 2.45) is 11.3 Å². The third-order valence-electron chi connectivity index (χ3n) is 7.60. The van der Waals surface area contributed by atoms with E-state index in [4.69, 9.17) is 0 Å². The summed E-state index contributed by atoms with van der Waals surface area (Å²) in [7, 11) is 0. The number of amides is 2. The van der Waals surface area contributed by atoms with Gasteiger partial charge in [-0.3, -0.25) is 9.59 Å². The molecule has 1 saturated carbocycles. The van der Waals surface area contributed by atoms with Crippen LogP contribution in [0.4, 0.5) is 4.39 Å². The fraction of sp³-hybridized carbons (Fsp3) is 0.704. The van der Waals surface area contributed by atoms with Crippen LogP contribution in [0.5, 0.6) is 0 Å². The Labute approximate surface area is 213 Å². The number of nitrogens with zero attached hydrogens (tertiary/aromatic N) is 1. The lowest BCUT2D eigenvalue weighted by molar-refractivity contribution is -0.138. The topological polar surface area (TPSA) is 73.5 Å². The molecule has 0 radical (unpaired) electrons. The summed E-state index contributed by atoms with van der Waals surface area (Å²) in [4.78, 5) is 28.6. The molecule has 4 rings (SSSR count). The fourth-order valence-corrected chi connectivity index (χ4v) is 6.37. The van der Waals surface area contributed by atoms with Crippen molar-refractivity contribution in [3.05, 3.63) is 35.6 Å². The number of benzene rings is 1. The highest BCUT2D eigenvalue weighted by molar-refractivity contribution is 7.99. The van der Waals surface area contributed by atoms with Gasteiger partial charge < -0.3 is 20.9 Å². The Hall–Kier alpha value is -1.64. The zero-order chi connectivity index (χ0) is 24.8. The number of likely N-dealkylation sites (tertiary alicyclic amines) is 1. The lowest BCUT2D eigenvalue weighted by Crippen LogP contribution is -2.60. The van der Waals surface area contributed by atoms with E-state index < -0.39 is 6.04 Å². The summed E-state index contributed by atoms with van der Waals surface area (Å²) in [5, 5.41) is 10.1. The minimum Gasteiger partial charge on any atom is -0.343 e. The first-order valence-electron chi connectivity index (χ1n) is 13.2. The van der Waals surface area contributed by atoms with Crippen molar-refractivity contribution in [1.29, 1.82) is 0 Å². The van der Waals surface area contributed by atoms with E-state index in [2.05, 4.69) is 29.8 Å². The molecule has 0 aromatic heterocycles. The number of rotatable bonds is 10. The normalized spacial score (nSPS) is 23.2. The van der Waals surface area contributed by atoms with Crippen LogP contribution in [0.2, 0.25) is 0 Å². The summed E-state index contributed by atoms with van der Waals surface area (Å²) in [6.07, 6.45) is 6.41. The molecule has 2 amide bonds. The molecule has 2 saturated heterocycles. The number of carbonyl (C=O) groups is 2. The van der Waals surface area contributed by atoms with E-state index >= 15 is 0 Å². The highest BCUT2D eigenvalue weighted by atomic mass is 32.2. The lowest BCUT2D eigenvalue weighted by atomic mass is 9.75. The molecule has 2 heterocycles. The molecule has 3 aliphatic rings. The lowest BCUT2D eigenvalue weighted by Gasteiger charge is -2.43. The average Bonchev–Trinajstić information content (AvgIpc) is 3.68. The predicted molar refractivity (Wildman–Crippen MR) is 140 cm³/mol. The van der Waals surface area contributed by atoms with E-state index in [-0.39, 0.29) is 23.7 Å². The maximum absolute atomic E-state index is 13.7. The molecule has 2 aliphatic heterocycles. The Kier molecular flexibility index (Phi) is 9.11. The van der Waals surface area contributed by atoms with E-state index in [0.29, 0.717) is 23.6 Å². The molecule has 8 heteroatoms. The van der Waals surface area contributed by atoms with Crippen molar-refractivity contribution in [1.82, 2.24) is 20.9 Å². The van der Waals surface area contributed by atoms with Gasteiger partial charge in [0.25, 0.3) is 0 Å². The van der Waals surface area contributed by atoms with E-state index in [1.54, 1.807) is 12.1 Å². The van der Waals surface area contributed by atoms with Crippen molar-refractivity contribution < 1.29 is 14.0 Å². The number of hydrogen-bond acceptors (Lipinski definition) is 5. The zero-order valence-corrected chi connectivity index (χ0v) is 22.0. The molecular formula is C27H41FN4O2S. The van der Waals surface area contributed by atoms with Gasteiger partial charge in [-0.15, -0.1) is 0 Å². The quantitative estimate of drug-likeness (QED) is 0.457. The number of piperazine rings is 1. The van der Waals surface area contributed by atoms with Crippen LogP contribution < -0.4 is 16.0 Å². The molecule has 0 bridgehead atoms. The molecule has 6 nitrogen and oxygen atoms in total. The Morgan fingerprint density at radius 3 is 2.49 bits per heavy atom. The van der Waals surface area contributed by atoms with E-state index in [1.165, 1.54) is 37.1 Å². The fourth-order valence-electron chi connectivity index (χ4n) is 5.27. The number of nitrogens with one attached hydrogen (secondary N) is 3. The van der Waals surface area contributed by atoms with Crippen LogP contribution in [0.3, 0.4) is 0 Å².